The van der Waals surface area contributed by atoms with Crippen molar-refractivity contribution in [1.82, 2.24) is 15.0 Å². The van der Waals surface area contributed by atoms with E-state index in [9.17, 15) is 9.18 Å². The van der Waals surface area contributed by atoms with Gasteiger partial charge in [-0.2, -0.15) is 0 Å². The van der Waals surface area contributed by atoms with Crippen molar-refractivity contribution in [1.29, 1.82) is 0 Å². The number of imidazole rings is 1. The van der Waals surface area contributed by atoms with E-state index in [0.717, 1.165) is 16.6 Å². The van der Waals surface area contributed by atoms with E-state index < -0.39 is 5.82 Å². The number of nitrogens with zero attached hydrogens (tertiary/aromatic N) is 3. The smallest absolute Gasteiger partial charge is 0.260 e. The SMILES string of the molecule is COCN(C(=O)c1cc(C)c2nc(-c3ccccn3)[nH]c2c1)c1ccc(F)c(OC)c1. The Bertz CT molecular complexity index is 1240. The summed E-state index contributed by atoms with van der Waals surface area (Å²) in [6, 6.07) is 13.3. The normalized spacial score (nSPS) is 11.0. The lowest BCUT2D eigenvalue weighted by atomic mass is 10.1. The summed E-state index contributed by atoms with van der Waals surface area (Å²) in [6.07, 6.45) is 1.70. The largest absolute Gasteiger partial charge is 0.494 e. The topological polar surface area (TPSA) is 80.3 Å². The van der Waals surface area contributed by atoms with E-state index in [2.05, 4.69) is 15.0 Å². The molecule has 1 N–H and O–H groups in total. The van der Waals surface area contributed by atoms with Crippen LogP contribution in [0.3, 0.4) is 0 Å². The Balaban J connectivity index is 1.74. The van der Waals surface area contributed by atoms with Gasteiger partial charge in [-0.3, -0.25) is 14.7 Å². The summed E-state index contributed by atoms with van der Waals surface area (Å²) >= 11 is 0. The second-order valence-electron chi connectivity index (χ2n) is 6.96. The first-order valence-electron chi connectivity index (χ1n) is 9.58. The zero-order valence-corrected chi connectivity index (χ0v) is 17.3. The van der Waals surface area contributed by atoms with Crippen LogP contribution in [0.5, 0.6) is 5.75 Å². The predicted octanol–water partition coefficient (Wildman–Crippen LogP) is 4.33. The van der Waals surface area contributed by atoms with E-state index in [1.54, 1.807) is 18.3 Å². The average molecular weight is 420 g/mol. The lowest BCUT2D eigenvalue weighted by Gasteiger charge is -2.22. The Labute approximate surface area is 178 Å². The maximum Gasteiger partial charge on any atom is 0.260 e. The Kier molecular flexibility index (Phi) is 5.64. The summed E-state index contributed by atoms with van der Waals surface area (Å²) in [6.45, 7) is 1.89. The summed E-state index contributed by atoms with van der Waals surface area (Å²) in [7, 11) is 2.86. The highest BCUT2D eigenvalue weighted by Gasteiger charge is 2.21. The monoisotopic (exact) mass is 420 g/mol. The van der Waals surface area contributed by atoms with Crippen LogP contribution in [0.1, 0.15) is 15.9 Å². The Morgan fingerprint density at radius 3 is 2.71 bits per heavy atom. The number of nitrogens with one attached hydrogen (secondary N) is 1. The van der Waals surface area contributed by atoms with Gasteiger partial charge in [0.1, 0.15) is 12.4 Å². The van der Waals surface area contributed by atoms with Crippen LogP contribution in [0.25, 0.3) is 22.6 Å². The van der Waals surface area contributed by atoms with Gasteiger partial charge in [0.05, 0.1) is 23.8 Å². The highest BCUT2D eigenvalue weighted by molar-refractivity contribution is 6.08. The molecule has 4 rings (SSSR count). The third-order valence-corrected chi connectivity index (χ3v) is 4.88. The summed E-state index contributed by atoms with van der Waals surface area (Å²) in [4.78, 5) is 27.0. The molecule has 31 heavy (non-hydrogen) atoms. The Morgan fingerprint density at radius 1 is 1.16 bits per heavy atom. The third kappa shape index (κ3) is 3.97. The summed E-state index contributed by atoms with van der Waals surface area (Å²) in [5.41, 5.74) is 3.94. The van der Waals surface area contributed by atoms with E-state index in [-0.39, 0.29) is 18.4 Å². The predicted molar refractivity (Wildman–Crippen MR) is 116 cm³/mol. The number of carbonyl (C=O) groups excluding carboxylic acids is 1. The zero-order valence-electron chi connectivity index (χ0n) is 17.3. The van der Waals surface area contributed by atoms with Gasteiger partial charge in [0.15, 0.2) is 17.4 Å². The van der Waals surface area contributed by atoms with Crippen molar-refractivity contribution in [3.63, 3.8) is 0 Å². The van der Waals surface area contributed by atoms with Gasteiger partial charge in [0, 0.05) is 24.9 Å². The van der Waals surface area contributed by atoms with Gasteiger partial charge in [-0.25, -0.2) is 9.37 Å². The third-order valence-electron chi connectivity index (χ3n) is 4.88. The number of pyridine rings is 1. The summed E-state index contributed by atoms with van der Waals surface area (Å²) in [5, 5.41) is 0. The second-order valence-corrected chi connectivity index (χ2v) is 6.96. The molecule has 0 saturated heterocycles. The first kappa shape index (κ1) is 20.5. The molecule has 0 saturated carbocycles. The van der Waals surface area contributed by atoms with Crippen LogP contribution in [0, 0.1) is 12.7 Å². The molecular weight excluding hydrogens is 399 g/mol. The van der Waals surface area contributed by atoms with Crippen molar-refractivity contribution in [2.24, 2.45) is 0 Å². The molecule has 2 aromatic carbocycles. The van der Waals surface area contributed by atoms with E-state index in [4.69, 9.17) is 9.47 Å². The minimum Gasteiger partial charge on any atom is -0.494 e. The van der Waals surface area contributed by atoms with Crippen molar-refractivity contribution in [3.05, 3.63) is 71.7 Å². The van der Waals surface area contributed by atoms with Crippen molar-refractivity contribution < 1.29 is 18.7 Å². The number of halogens is 1. The molecule has 1 amide bonds. The number of hydrogen-bond donors (Lipinski definition) is 1. The van der Waals surface area contributed by atoms with Gasteiger partial charge in [0.2, 0.25) is 0 Å². The van der Waals surface area contributed by atoms with Gasteiger partial charge in [0.25, 0.3) is 5.91 Å². The van der Waals surface area contributed by atoms with Crippen molar-refractivity contribution in [3.8, 4) is 17.3 Å². The number of rotatable bonds is 6. The number of aromatic nitrogens is 3. The van der Waals surface area contributed by atoms with Gasteiger partial charge in [-0.1, -0.05) is 6.07 Å². The van der Waals surface area contributed by atoms with Crippen LogP contribution in [0.2, 0.25) is 0 Å². The molecular formula is C23H21FN4O3. The molecule has 0 bridgehead atoms. The van der Waals surface area contributed by atoms with Crippen LogP contribution >= 0.6 is 0 Å². The number of methoxy groups -OCH3 is 2. The molecule has 7 nitrogen and oxygen atoms in total. The molecule has 0 fully saturated rings. The van der Waals surface area contributed by atoms with Crippen molar-refractivity contribution in [2.45, 2.75) is 6.92 Å². The number of hydrogen-bond acceptors (Lipinski definition) is 5. The fraction of sp³-hybridized carbons (Fsp3) is 0.174. The van der Waals surface area contributed by atoms with Crippen LogP contribution in [0.4, 0.5) is 10.1 Å². The number of anilines is 1. The molecule has 0 spiro atoms. The highest BCUT2D eigenvalue weighted by Crippen LogP contribution is 2.28. The first-order valence-corrected chi connectivity index (χ1v) is 9.58. The number of aromatic amines is 1. The van der Waals surface area contributed by atoms with Gasteiger partial charge < -0.3 is 14.5 Å². The highest BCUT2D eigenvalue weighted by atomic mass is 19.1. The van der Waals surface area contributed by atoms with Crippen molar-refractivity contribution in [2.75, 3.05) is 25.9 Å². The van der Waals surface area contributed by atoms with Gasteiger partial charge in [-0.05, 0) is 48.9 Å². The van der Waals surface area contributed by atoms with Gasteiger partial charge >= 0.3 is 0 Å². The minimum atomic E-state index is -0.507. The molecule has 158 valence electrons. The summed E-state index contributed by atoms with van der Waals surface area (Å²) < 4.78 is 24.1. The molecule has 2 aromatic heterocycles. The summed E-state index contributed by atoms with van der Waals surface area (Å²) in [5.74, 6) is -0.130. The first-order chi connectivity index (χ1) is 15.0. The Hall–Kier alpha value is -3.78. The van der Waals surface area contributed by atoms with Crippen LogP contribution in [-0.2, 0) is 4.74 Å². The minimum absolute atomic E-state index is 0.00708. The molecule has 0 atom stereocenters. The number of aryl methyl sites for hydroxylation is 1. The number of benzene rings is 2. The molecule has 4 aromatic rings. The molecule has 0 aliphatic heterocycles. The number of amides is 1. The molecule has 0 aliphatic carbocycles. The quantitative estimate of drug-likeness (QED) is 0.470. The average Bonchev–Trinajstić information content (AvgIpc) is 3.23. The lowest BCUT2D eigenvalue weighted by Crippen LogP contribution is -2.32. The number of carbonyl (C=O) groups is 1. The molecule has 0 aliphatic rings. The maximum atomic E-state index is 13.8. The molecule has 2 heterocycles. The zero-order chi connectivity index (χ0) is 22.0. The molecule has 0 unspecified atom stereocenters. The number of H-pyrrole nitrogens is 1. The molecule has 0 radical (unpaired) electrons. The van der Waals surface area contributed by atoms with Crippen LogP contribution < -0.4 is 9.64 Å². The van der Waals surface area contributed by atoms with Crippen LogP contribution in [-0.4, -0.2) is 41.8 Å². The maximum absolute atomic E-state index is 13.8. The lowest BCUT2D eigenvalue weighted by molar-refractivity contribution is 0.0936. The Morgan fingerprint density at radius 2 is 2.00 bits per heavy atom. The van der Waals surface area contributed by atoms with Gasteiger partial charge in [-0.15, -0.1) is 0 Å². The number of ether oxygens (including phenoxy) is 2. The van der Waals surface area contributed by atoms with Crippen molar-refractivity contribution >= 4 is 22.6 Å². The van der Waals surface area contributed by atoms with E-state index in [1.165, 1.54) is 37.3 Å². The number of fused-ring (bicyclic) bond motifs is 1. The van der Waals surface area contributed by atoms with Crippen LogP contribution in [0.15, 0.2) is 54.7 Å². The fourth-order valence-electron chi connectivity index (χ4n) is 3.39. The van der Waals surface area contributed by atoms with E-state index in [1.807, 2.05) is 25.1 Å². The molecule has 8 heteroatoms. The standard InChI is InChI=1S/C23H21FN4O3/c1-14-10-15(11-19-21(14)27-22(26-19)18-6-4-5-9-25-18)23(29)28(13-30-2)16-7-8-17(24)20(12-16)31-3/h4-12H,13H2,1-3H3,(H,26,27). The van der Waals surface area contributed by atoms with E-state index >= 15 is 0 Å². The van der Waals surface area contributed by atoms with E-state index in [0.29, 0.717) is 22.8 Å². The second kappa shape index (κ2) is 8.53. The fourth-order valence-corrected chi connectivity index (χ4v) is 3.39.